The highest BCUT2D eigenvalue weighted by atomic mass is 79.9. The number of alkyl halides is 1. The molecule has 10 heteroatoms. The SMILES string of the molecule is CCCN1C(=O)COC1c1cn(-c2ccc(Br)cc2)nc1C1=CCC(F)C=C1.CNc1ccccc1NC=O. The summed E-state index contributed by atoms with van der Waals surface area (Å²) in [5.41, 5.74) is 4.98. The van der Waals surface area contributed by atoms with Gasteiger partial charge in [-0.2, -0.15) is 5.10 Å². The highest BCUT2D eigenvalue weighted by Gasteiger charge is 2.36. The van der Waals surface area contributed by atoms with E-state index in [-0.39, 0.29) is 12.5 Å². The smallest absolute Gasteiger partial charge is 0.250 e. The molecular formula is C29H31BrFN5O3. The van der Waals surface area contributed by atoms with Crippen molar-refractivity contribution in [3.8, 4) is 5.69 Å². The van der Waals surface area contributed by atoms with E-state index in [9.17, 15) is 14.0 Å². The lowest BCUT2D eigenvalue weighted by Crippen LogP contribution is -2.29. The Balaban J connectivity index is 0.000000270. The molecule has 1 fully saturated rings. The highest BCUT2D eigenvalue weighted by molar-refractivity contribution is 9.10. The van der Waals surface area contributed by atoms with Gasteiger partial charge >= 0.3 is 0 Å². The molecule has 2 N–H and O–H groups in total. The molecule has 2 aliphatic rings. The van der Waals surface area contributed by atoms with Crippen molar-refractivity contribution in [1.29, 1.82) is 0 Å². The number of carbonyl (C=O) groups is 2. The Morgan fingerprint density at radius 3 is 2.56 bits per heavy atom. The van der Waals surface area contributed by atoms with Crippen molar-refractivity contribution in [3.05, 3.63) is 88.7 Å². The van der Waals surface area contributed by atoms with Gasteiger partial charge in [0.2, 0.25) is 6.41 Å². The van der Waals surface area contributed by atoms with Crippen LogP contribution in [0.4, 0.5) is 15.8 Å². The van der Waals surface area contributed by atoms with Gasteiger partial charge in [0.1, 0.15) is 18.5 Å². The third-order valence-corrected chi connectivity index (χ3v) is 6.79. The number of hydrogen-bond donors (Lipinski definition) is 2. The summed E-state index contributed by atoms with van der Waals surface area (Å²) in [5, 5.41) is 10.3. The van der Waals surface area contributed by atoms with Gasteiger partial charge in [0.15, 0.2) is 6.23 Å². The number of rotatable bonds is 8. The third-order valence-electron chi connectivity index (χ3n) is 6.26. The van der Waals surface area contributed by atoms with Crippen molar-refractivity contribution in [1.82, 2.24) is 14.7 Å². The molecule has 1 saturated heterocycles. The van der Waals surface area contributed by atoms with Crippen LogP contribution >= 0.6 is 15.9 Å². The summed E-state index contributed by atoms with van der Waals surface area (Å²) >= 11 is 3.44. The van der Waals surface area contributed by atoms with Crippen molar-refractivity contribution >= 4 is 45.2 Å². The maximum Gasteiger partial charge on any atom is 0.250 e. The fraction of sp³-hybridized carbons (Fsp3) is 0.276. The van der Waals surface area contributed by atoms with Gasteiger partial charge in [0.25, 0.3) is 5.91 Å². The van der Waals surface area contributed by atoms with Gasteiger partial charge in [-0.3, -0.25) is 9.59 Å². The predicted molar refractivity (Wildman–Crippen MR) is 154 cm³/mol. The van der Waals surface area contributed by atoms with Crippen LogP contribution in [0.2, 0.25) is 0 Å². The number of hydrogen-bond acceptors (Lipinski definition) is 5. The standard InChI is InChI=1S/C21H21BrFN3O2.C8H10N2O/c1-2-11-25-19(27)13-28-21(25)18-12-26(17-9-5-15(22)6-10-17)24-20(18)14-3-7-16(23)8-4-14;1-9-7-4-2-3-5-8(7)10-6-11/h3-7,9-10,12,16,21H,2,8,11,13H2,1H3;2-6,9H,1H3,(H,10,11). The van der Waals surface area contributed by atoms with E-state index in [1.54, 1.807) is 21.7 Å². The quantitative estimate of drug-likeness (QED) is 0.317. The summed E-state index contributed by atoms with van der Waals surface area (Å²) in [5.74, 6) is -0.0221. The van der Waals surface area contributed by atoms with Crippen molar-refractivity contribution in [2.45, 2.75) is 32.2 Å². The first-order valence-electron chi connectivity index (χ1n) is 12.7. The molecule has 5 rings (SSSR count). The highest BCUT2D eigenvalue weighted by Crippen LogP contribution is 2.35. The second kappa shape index (κ2) is 13.3. The average molecular weight is 597 g/mol. The monoisotopic (exact) mass is 595 g/mol. The van der Waals surface area contributed by atoms with Crippen molar-refractivity contribution in [3.63, 3.8) is 0 Å². The van der Waals surface area contributed by atoms with E-state index in [1.165, 1.54) is 0 Å². The lowest BCUT2D eigenvalue weighted by molar-refractivity contribution is -0.128. The van der Waals surface area contributed by atoms with Gasteiger partial charge in [0.05, 0.1) is 17.1 Å². The molecule has 3 aromatic rings. The van der Waals surface area contributed by atoms with E-state index in [0.29, 0.717) is 25.1 Å². The molecule has 1 aliphatic heterocycles. The molecule has 2 amide bonds. The minimum Gasteiger partial charge on any atom is -0.386 e. The van der Waals surface area contributed by atoms with Crippen molar-refractivity contribution < 1.29 is 18.7 Å². The molecule has 2 heterocycles. The van der Waals surface area contributed by atoms with Gasteiger partial charge in [-0.05, 0) is 54.5 Å². The number of amides is 2. The minimum absolute atomic E-state index is 0.0221. The molecule has 0 spiro atoms. The number of halogens is 2. The van der Waals surface area contributed by atoms with Crippen LogP contribution in [0.25, 0.3) is 11.3 Å². The van der Waals surface area contributed by atoms with Gasteiger partial charge in [-0.15, -0.1) is 0 Å². The number of nitrogens with zero attached hydrogens (tertiary/aromatic N) is 3. The number of benzene rings is 2. The van der Waals surface area contributed by atoms with E-state index >= 15 is 0 Å². The van der Waals surface area contributed by atoms with Crippen molar-refractivity contribution in [2.24, 2.45) is 0 Å². The maximum absolute atomic E-state index is 13.6. The molecule has 2 atom stereocenters. The van der Waals surface area contributed by atoms with Crippen LogP contribution in [0.5, 0.6) is 0 Å². The summed E-state index contributed by atoms with van der Waals surface area (Å²) in [6.45, 7) is 2.71. The van der Waals surface area contributed by atoms with Gasteiger partial charge in [-0.25, -0.2) is 9.07 Å². The lowest BCUT2D eigenvalue weighted by Gasteiger charge is -2.23. The molecule has 2 unspecified atom stereocenters. The van der Waals surface area contributed by atoms with Crippen LogP contribution in [0, 0.1) is 0 Å². The van der Waals surface area contributed by atoms with Crippen molar-refractivity contribution in [2.75, 3.05) is 30.8 Å². The lowest BCUT2D eigenvalue weighted by atomic mass is 10.00. The third kappa shape index (κ3) is 6.82. The fourth-order valence-corrected chi connectivity index (χ4v) is 4.64. The van der Waals surface area contributed by atoms with E-state index in [2.05, 4.69) is 26.6 Å². The van der Waals surface area contributed by atoms with Gasteiger partial charge < -0.3 is 20.3 Å². The van der Waals surface area contributed by atoms with E-state index in [4.69, 9.17) is 9.84 Å². The van der Waals surface area contributed by atoms with Crippen LogP contribution < -0.4 is 10.6 Å². The normalized spacial score (nSPS) is 18.3. The molecular weight excluding hydrogens is 565 g/mol. The molecule has 8 nitrogen and oxygen atoms in total. The molecule has 39 heavy (non-hydrogen) atoms. The zero-order valence-corrected chi connectivity index (χ0v) is 23.4. The van der Waals surface area contributed by atoms with Gasteiger partial charge in [0, 0.05) is 36.2 Å². The summed E-state index contributed by atoms with van der Waals surface area (Å²) in [6, 6.07) is 15.3. The first-order chi connectivity index (χ1) is 18.9. The van der Waals surface area contributed by atoms with E-state index < -0.39 is 12.4 Å². The maximum atomic E-state index is 13.6. The van der Waals surface area contributed by atoms with Crippen LogP contribution in [0.3, 0.4) is 0 Å². The average Bonchev–Trinajstić information content (AvgIpc) is 3.54. The summed E-state index contributed by atoms with van der Waals surface area (Å²) in [4.78, 5) is 24.1. The topological polar surface area (TPSA) is 88.5 Å². The Hall–Kier alpha value is -3.76. The number of carbonyl (C=O) groups excluding carboxylic acids is 2. The Kier molecular flexibility index (Phi) is 9.67. The zero-order valence-electron chi connectivity index (χ0n) is 21.8. The number of nitrogens with one attached hydrogen (secondary N) is 2. The summed E-state index contributed by atoms with van der Waals surface area (Å²) < 4.78 is 22.1. The largest absolute Gasteiger partial charge is 0.386 e. The molecule has 0 bridgehead atoms. The molecule has 1 aliphatic carbocycles. The molecule has 2 aromatic carbocycles. The number of ether oxygens (including phenoxy) is 1. The van der Waals surface area contributed by atoms with Crippen LogP contribution in [0.1, 0.15) is 37.3 Å². The minimum atomic E-state index is -0.971. The first-order valence-corrected chi connectivity index (χ1v) is 13.5. The van der Waals surface area contributed by atoms with E-state index in [1.807, 2.05) is 74.8 Å². The summed E-state index contributed by atoms with van der Waals surface area (Å²) in [6.07, 6.45) is 7.42. The Labute approximate surface area is 235 Å². The zero-order chi connectivity index (χ0) is 27.8. The van der Waals surface area contributed by atoms with Crippen LogP contribution in [0.15, 0.2) is 77.4 Å². The molecule has 0 radical (unpaired) electrons. The Morgan fingerprint density at radius 2 is 1.92 bits per heavy atom. The molecule has 0 saturated carbocycles. The number of aromatic nitrogens is 2. The fourth-order valence-electron chi connectivity index (χ4n) is 4.37. The molecule has 1 aromatic heterocycles. The second-order valence-corrected chi connectivity index (χ2v) is 9.85. The van der Waals surface area contributed by atoms with E-state index in [0.717, 1.165) is 39.1 Å². The Morgan fingerprint density at radius 1 is 1.18 bits per heavy atom. The number of para-hydroxylation sites is 2. The molecule has 204 valence electrons. The van der Waals surface area contributed by atoms with Gasteiger partial charge in [-0.1, -0.05) is 47.1 Å². The van der Waals surface area contributed by atoms with Crippen LogP contribution in [-0.4, -0.2) is 53.4 Å². The second-order valence-electron chi connectivity index (χ2n) is 8.93. The first kappa shape index (κ1) is 28.3. The predicted octanol–water partition coefficient (Wildman–Crippen LogP) is 5.88. The number of allylic oxidation sites excluding steroid dienone is 4. The number of anilines is 2. The summed E-state index contributed by atoms with van der Waals surface area (Å²) in [7, 11) is 1.81. The van der Waals surface area contributed by atoms with Crippen LogP contribution in [-0.2, 0) is 14.3 Å². The Bertz CT molecular complexity index is 1360.